The van der Waals surface area contributed by atoms with E-state index in [1.807, 2.05) is 27.7 Å². The Labute approximate surface area is 99.3 Å². The van der Waals surface area contributed by atoms with Crippen molar-refractivity contribution in [1.29, 1.82) is 0 Å². The van der Waals surface area contributed by atoms with Crippen molar-refractivity contribution < 1.29 is 14.3 Å². The summed E-state index contributed by atoms with van der Waals surface area (Å²) in [5.41, 5.74) is 1.84. The molecule has 1 aromatic heterocycles. The number of carbonyl (C=O) groups is 1. The quantitative estimate of drug-likeness (QED) is 0.821. The Kier molecular flexibility index (Phi) is 2.45. The Morgan fingerprint density at radius 3 is 2.53 bits per heavy atom. The van der Waals surface area contributed by atoms with Gasteiger partial charge in [0.2, 0.25) is 5.89 Å². The van der Waals surface area contributed by atoms with Gasteiger partial charge in [0.15, 0.2) is 5.58 Å². The fraction of sp³-hybridized carbons (Fsp3) is 0.385. The molecule has 0 atom stereocenters. The lowest BCUT2D eigenvalue weighted by Crippen LogP contribution is -2.11. The van der Waals surface area contributed by atoms with E-state index in [0.717, 1.165) is 5.56 Å². The summed E-state index contributed by atoms with van der Waals surface area (Å²) in [4.78, 5) is 15.5. The van der Waals surface area contributed by atoms with E-state index in [1.165, 1.54) is 0 Å². The van der Waals surface area contributed by atoms with Gasteiger partial charge in [0.05, 0.1) is 0 Å². The molecule has 2 rings (SSSR count). The number of nitrogens with zero attached hydrogens (tertiary/aromatic N) is 1. The first-order chi connectivity index (χ1) is 7.80. The standard InChI is InChI=1S/C13H15NO3/c1-7-5-6-8(11(15)16)10-9(7)14-12(17-10)13(2,3)4/h5-6H,1-4H3,(H,15,16). The van der Waals surface area contributed by atoms with E-state index in [2.05, 4.69) is 4.98 Å². The number of aromatic carboxylic acids is 1. The average molecular weight is 233 g/mol. The molecule has 0 unspecified atom stereocenters. The van der Waals surface area contributed by atoms with Crippen molar-refractivity contribution in [3.05, 3.63) is 29.2 Å². The van der Waals surface area contributed by atoms with Crippen molar-refractivity contribution in [2.75, 3.05) is 0 Å². The van der Waals surface area contributed by atoms with Crippen molar-refractivity contribution in [3.63, 3.8) is 0 Å². The van der Waals surface area contributed by atoms with Gasteiger partial charge in [0.1, 0.15) is 11.1 Å². The molecule has 90 valence electrons. The van der Waals surface area contributed by atoms with E-state index in [4.69, 9.17) is 9.52 Å². The lowest BCUT2D eigenvalue weighted by molar-refractivity contribution is 0.0697. The smallest absolute Gasteiger partial charge is 0.339 e. The Hall–Kier alpha value is -1.84. The van der Waals surface area contributed by atoms with Crippen LogP contribution < -0.4 is 0 Å². The molecule has 1 aromatic carbocycles. The molecule has 17 heavy (non-hydrogen) atoms. The van der Waals surface area contributed by atoms with Crippen LogP contribution in [0.5, 0.6) is 0 Å². The van der Waals surface area contributed by atoms with Crippen LogP contribution in [0.3, 0.4) is 0 Å². The van der Waals surface area contributed by atoms with Crippen LogP contribution in [-0.4, -0.2) is 16.1 Å². The fourth-order valence-corrected chi connectivity index (χ4v) is 1.62. The highest BCUT2D eigenvalue weighted by atomic mass is 16.4. The predicted octanol–water partition coefficient (Wildman–Crippen LogP) is 3.13. The minimum Gasteiger partial charge on any atom is -0.478 e. The van der Waals surface area contributed by atoms with Crippen molar-refractivity contribution >= 4 is 17.1 Å². The number of hydrogen-bond donors (Lipinski definition) is 1. The molecule has 0 bridgehead atoms. The normalized spacial score (nSPS) is 12.0. The van der Waals surface area contributed by atoms with Gasteiger partial charge in [-0.05, 0) is 18.6 Å². The highest BCUT2D eigenvalue weighted by Gasteiger charge is 2.24. The molecule has 0 aliphatic heterocycles. The molecule has 0 aliphatic carbocycles. The first kappa shape index (κ1) is 11.6. The Bertz CT molecular complexity index is 590. The maximum Gasteiger partial charge on any atom is 0.339 e. The number of oxazole rings is 1. The number of rotatable bonds is 1. The van der Waals surface area contributed by atoms with Crippen LogP contribution in [0.1, 0.15) is 42.6 Å². The molecule has 1 N–H and O–H groups in total. The van der Waals surface area contributed by atoms with Gasteiger partial charge in [-0.1, -0.05) is 26.8 Å². The summed E-state index contributed by atoms with van der Waals surface area (Å²) >= 11 is 0. The minimum atomic E-state index is -0.994. The summed E-state index contributed by atoms with van der Waals surface area (Å²) in [5.74, 6) is -0.434. The van der Waals surface area contributed by atoms with Crippen molar-refractivity contribution in [2.45, 2.75) is 33.1 Å². The van der Waals surface area contributed by atoms with Gasteiger partial charge in [-0.3, -0.25) is 0 Å². The molecule has 2 aromatic rings. The number of fused-ring (bicyclic) bond motifs is 1. The molecule has 0 spiro atoms. The second-order valence-corrected chi connectivity index (χ2v) is 5.18. The third-order valence-electron chi connectivity index (χ3n) is 2.62. The van der Waals surface area contributed by atoms with Crippen LogP contribution in [0, 0.1) is 6.92 Å². The molecule has 0 amide bonds. The average Bonchev–Trinajstić information content (AvgIpc) is 2.62. The molecule has 1 heterocycles. The third kappa shape index (κ3) is 1.90. The van der Waals surface area contributed by atoms with E-state index in [0.29, 0.717) is 17.0 Å². The van der Waals surface area contributed by atoms with E-state index in [-0.39, 0.29) is 11.0 Å². The summed E-state index contributed by atoms with van der Waals surface area (Å²) < 4.78 is 5.61. The van der Waals surface area contributed by atoms with E-state index in [9.17, 15) is 4.79 Å². The van der Waals surface area contributed by atoms with Gasteiger partial charge in [0.25, 0.3) is 0 Å². The summed E-state index contributed by atoms with van der Waals surface area (Å²) in [5, 5.41) is 9.10. The highest BCUT2D eigenvalue weighted by molar-refractivity contribution is 6.00. The van der Waals surface area contributed by atoms with Crippen LogP contribution in [0.4, 0.5) is 0 Å². The van der Waals surface area contributed by atoms with Crippen molar-refractivity contribution in [1.82, 2.24) is 4.98 Å². The fourth-order valence-electron chi connectivity index (χ4n) is 1.62. The SMILES string of the molecule is Cc1ccc(C(=O)O)c2oc(C(C)(C)C)nc12. The molecular formula is C13H15NO3. The monoisotopic (exact) mass is 233 g/mol. The maximum atomic E-state index is 11.1. The topological polar surface area (TPSA) is 63.3 Å². The largest absolute Gasteiger partial charge is 0.478 e. The minimum absolute atomic E-state index is 0.161. The second-order valence-electron chi connectivity index (χ2n) is 5.18. The summed E-state index contributed by atoms with van der Waals surface area (Å²) in [6.45, 7) is 7.83. The zero-order valence-electron chi connectivity index (χ0n) is 10.4. The number of benzene rings is 1. The van der Waals surface area contributed by atoms with Crippen LogP contribution in [0.15, 0.2) is 16.5 Å². The molecule has 0 aliphatic rings. The van der Waals surface area contributed by atoms with Gasteiger partial charge in [-0.25, -0.2) is 9.78 Å². The zero-order chi connectivity index (χ0) is 12.8. The number of aromatic nitrogens is 1. The summed E-state index contributed by atoms with van der Waals surface area (Å²) in [7, 11) is 0. The molecule has 0 fully saturated rings. The molecular weight excluding hydrogens is 218 g/mol. The predicted molar refractivity (Wildman–Crippen MR) is 64.4 cm³/mol. The van der Waals surface area contributed by atoms with Gasteiger partial charge < -0.3 is 9.52 Å². The number of carboxylic acid groups (broad SMARTS) is 1. The van der Waals surface area contributed by atoms with Crippen molar-refractivity contribution in [2.24, 2.45) is 0 Å². The Balaban J connectivity index is 2.79. The van der Waals surface area contributed by atoms with E-state index >= 15 is 0 Å². The maximum absolute atomic E-state index is 11.1. The third-order valence-corrected chi connectivity index (χ3v) is 2.62. The first-order valence-electron chi connectivity index (χ1n) is 5.44. The van der Waals surface area contributed by atoms with Gasteiger partial charge in [0, 0.05) is 5.41 Å². The summed E-state index contributed by atoms with van der Waals surface area (Å²) in [6, 6.07) is 3.30. The van der Waals surface area contributed by atoms with Crippen LogP contribution in [0.25, 0.3) is 11.1 Å². The number of hydrogen-bond acceptors (Lipinski definition) is 3. The van der Waals surface area contributed by atoms with Crippen LogP contribution in [0.2, 0.25) is 0 Å². The summed E-state index contributed by atoms with van der Waals surface area (Å²) in [6.07, 6.45) is 0. The Morgan fingerprint density at radius 1 is 1.35 bits per heavy atom. The van der Waals surface area contributed by atoms with Gasteiger partial charge in [-0.2, -0.15) is 0 Å². The van der Waals surface area contributed by atoms with Crippen molar-refractivity contribution in [3.8, 4) is 0 Å². The molecule has 0 saturated carbocycles. The molecule has 4 nitrogen and oxygen atoms in total. The zero-order valence-corrected chi connectivity index (χ0v) is 10.4. The van der Waals surface area contributed by atoms with Gasteiger partial charge >= 0.3 is 5.97 Å². The lowest BCUT2D eigenvalue weighted by Gasteiger charge is -2.11. The van der Waals surface area contributed by atoms with Gasteiger partial charge in [-0.15, -0.1) is 0 Å². The highest BCUT2D eigenvalue weighted by Crippen LogP contribution is 2.29. The Morgan fingerprint density at radius 2 is 2.00 bits per heavy atom. The lowest BCUT2D eigenvalue weighted by atomic mass is 9.97. The number of aryl methyl sites for hydroxylation is 1. The van der Waals surface area contributed by atoms with Crippen LogP contribution in [-0.2, 0) is 5.41 Å². The first-order valence-corrected chi connectivity index (χ1v) is 5.44. The van der Waals surface area contributed by atoms with Crippen LogP contribution >= 0.6 is 0 Å². The second kappa shape index (κ2) is 3.58. The molecule has 4 heteroatoms. The van der Waals surface area contributed by atoms with E-state index in [1.54, 1.807) is 12.1 Å². The number of carboxylic acids is 1. The molecule has 0 saturated heterocycles. The molecule has 0 radical (unpaired) electrons. The van der Waals surface area contributed by atoms with E-state index < -0.39 is 5.97 Å².